The Kier molecular flexibility index (Phi) is 6.19. The van der Waals surface area contributed by atoms with Gasteiger partial charge in [-0.2, -0.15) is 0 Å². The molecule has 9 heteroatoms. The highest BCUT2D eigenvalue weighted by Gasteiger charge is 2.20. The molecule has 0 aliphatic carbocycles. The van der Waals surface area contributed by atoms with Gasteiger partial charge in [0, 0.05) is 54.6 Å². The van der Waals surface area contributed by atoms with E-state index in [1.54, 1.807) is 46.5 Å². The SMILES string of the molecule is COc1ccccc1-c1c[nH]c2ncc(-c3ccc(NC(=O)c4cc(C)on4)c(C(=O)N(C)C)c3)cc12. The highest BCUT2D eigenvalue weighted by atomic mass is 16.5. The van der Waals surface area contributed by atoms with Gasteiger partial charge in [0.15, 0.2) is 5.69 Å². The molecule has 0 saturated heterocycles. The number of fused-ring (bicyclic) bond motifs is 1. The molecule has 0 atom stereocenters. The molecule has 0 fully saturated rings. The Balaban J connectivity index is 1.56. The van der Waals surface area contributed by atoms with Crippen molar-refractivity contribution >= 4 is 28.5 Å². The molecule has 0 aliphatic rings. The number of nitrogens with one attached hydrogen (secondary N) is 2. The van der Waals surface area contributed by atoms with Crippen LogP contribution in [0.25, 0.3) is 33.3 Å². The van der Waals surface area contributed by atoms with E-state index in [-0.39, 0.29) is 11.6 Å². The van der Waals surface area contributed by atoms with E-state index in [4.69, 9.17) is 9.26 Å². The zero-order valence-corrected chi connectivity index (χ0v) is 20.8. The topological polar surface area (TPSA) is 113 Å². The van der Waals surface area contributed by atoms with E-state index in [2.05, 4.69) is 20.4 Å². The third-order valence-electron chi connectivity index (χ3n) is 6.03. The highest BCUT2D eigenvalue weighted by Crippen LogP contribution is 2.36. The van der Waals surface area contributed by atoms with Crippen LogP contribution in [0.3, 0.4) is 0 Å². The van der Waals surface area contributed by atoms with Gasteiger partial charge in [0.25, 0.3) is 11.8 Å². The number of para-hydroxylation sites is 1. The fraction of sp³-hybridized carbons (Fsp3) is 0.143. The molecule has 3 heterocycles. The first kappa shape index (κ1) is 23.8. The lowest BCUT2D eigenvalue weighted by Gasteiger charge is -2.16. The predicted octanol–water partition coefficient (Wildman–Crippen LogP) is 5.16. The first-order chi connectivity index (χ1) is 17.9. The van der Waals surface area contributed by atoms with Crippen molar-refractivity contribution in [1.29, 1.82) is 0 Å². The first-order valence-corrected chi connectivity index (χ1v) is 11.6. The summed E-state index contributed by atoms with van der Waals surface area (Å²) in [7, 11) is 4.97. The summed E-state index contributed by atoms with van der Waals surface area (Å²) in [5.41, 5.74) is 5.09. The van der Waals surface area contributed by atoms with Gasteiger partial charge in [0.1, 0.15) is 17.2 Å². The molecule has 5 aromatic rings. The Hall–Kier alpha value is -4.92. The third kappa shape index (κ3) is 4.54. The van der Waals surface area contributed by atoms with Crippen molar-refractivity contribution in [2.24, 2.45) is 0 Å². The number of ether oxygens (including phenoxy) is 1. The van der Waals surface area contributed by atoms with Crippen LogP contribution in [-0.2, 0) is 0 Å². The van der Waals surface area contributed by atoms with Crippen LogP contribution in [0.2, 0.25) is 0 Å². The second kappa shape index (κ2) is 9.62. The van der Waals surface area contributed by atoms with Gasteiger partial charge in [-0.15, -0.1) is 0 Å². The van der Waals surface area contributed by atoms with Crippen molar-refractivity contribution in [3.8, 4) is 28.0 Å². The Morgan fingerprint density at radius 3 is 2.57 bits per heavy atom. The normalized spacial score (nSPS) is 10.9. The van der Waals surface area contributed by atoms with Gasteiger partial charge >= 0.3 is 0 Å². The van der Waals surface area contributed by atoms with Gasteiger partial charge in [-0.3, -0.25) is 9.59 Å². The molecule has 0 aliphatic heterocycles. The summed E-state index contributed by atoms with van der Waals surface area (Å²) < 4.78 is 10.6. The van der Waals surface area contributed by atoms with Crippen LogP contribution >= 0.6 is 0 Å². The van der Waals surface area contributed by atoms with E-state index in [0.717, 1.165) is 39.0 Å². The lowest BCUT2D eigenvalue weighted by molar-refractivity contribution is 0.0828. The number of aromatic amines is 1. The Morgan fingerprint density at radius 2 is 1.84 bits per heavy atom. The van der Waals surface area contributed by atoms with E-state index in [1.165, 1.54) is 11.0 Å². The predicted molar refractivity (Wildman–Crippen MR) is 141 cm³/mol. The van der Waals surface area contributed by atoms with Crippen molar-refractivity contribution in [3.05, 3.63) is 84.0 Å². The standard InChI is InChI=1S/C28H25N5O4/c1-16-11-24(32-37-16)27(34)31-23-10-9-17(12-21(23)28(35)33(2)3)18-13-20-22(15-30-26(20)29-14-18)19-7-5-6-8-25(19)36-4/h5-15H,1-4H3,(H,29,30)(H,31,34). The molecule has 2 amide bonds. The van der Waals surface area contributed by atoms with Crippen molar-refractivity contribution in [2.75, 3.05) is 26.5 Å². The lowest BCUT2D eigenvalue weighted by atomic mass is 9.99. The minimum atomic E-state index is -0.464. The smallest absolute Gasteiger partial charge is 0.277 e. The monoisotopic (exact) mass is 495 g/mol. The summed E-state index contributed by atoms with van der Waals surface area (Å²) in [4.78, 5) is 35.0. The molecule has 9 nitrogen and oxygen atoms in total. The summed E-state index contributed by atoms with van der Waals surface area (Å²) in [5.74, 6) is 0.563. The van der Waals surface area contributed by atoms with Crippen molar-refractivity contribution in [1.82, 2.24) is 20.0 Å². The number of anilines is 1. The average molecular weight is 496 g/mol. The number of hydrogen-bond acceptors (Lipinski definition) is 6. The summed E-state index contributed by atoms with van der Waals surface area (Å²) in [6, 6.07) is 16.7. The molecule has 37 heavy (non-hydrogen) atoms. The number of nitrogens with zero attached hydrogens (tertiary/aromatic N) is 3. The van der Waals surface area contributed by atoms with Gasteiger partial charge in [-0.1, -0.05) is 29.4 Å². The summed E-state index contributed by atoms with van der Waals surface area (Å²) in [5, 5.41) is 7.45. The molecule has 2 aromatic carbocycles. The number of pyridine rings is 1. The Morgan fingerprint density at radius 1 is 1.03 bits per heavy atom. The number of carbonyl (C=O) groups excluding carboxylic acids is 2. The molecule has 0 spiro atoms. The van der Waals surface area contributed by atoms with Gasteiger partial charge in [-0.25, -0.2) is 4.98 Å². The van der Waals surface area contributed by atoms with Crippen LogP contribution in [-0.4, -0.2) is 53.0 Å². The van der Waals surface area contributed by atoms with Gasteiger partial charge in [-0.05, 0) is 36.8 Å². The largest absolute Gasteiger partial charge is 0.496 e. The molecule has 0 radical (unpaired) electrons. The molecule has 5 rings (SSSR count). The fourth-order valence-electron chi connectivity index (χ4n) is 4.16. The lowest BCUT2D eigenvalue weighted by Crippen LogP contribution is -2.24. The average Bonchev–Trinajstić information content (AvgIpc) is 3.54. The number of aromatic nitrogens is 3. The maximum atomic E-state index is 13.1. The zero-order chi connectivity index (χ0) is 26.1. The Bertz CT molecular complexity index is 1630. The van der Waals surface area contributed by atoms with E-state index >= 15 is 0 Å². The zero-order valence-electron chi connectivity index (χ0n) is 20.8. The van der Waals surface area contributed by atoms with E-state index in [9.17, 15) is 9.59 Å². The number of methoxy groups -OCH3 is 1. The number of rotatable bonds is 6. The molecular weight excluding hydrogens is 470 g/mol. The second-order valence-electron chi connectivity index (χ2n) is 8.76. The number of amides is 2. The minimum absolute atomic E-state index is 0.135. The molecule has 0 unspecified atom stereocenters. The number of H-pyrrole nitrogens is 1. The molecule has 2 N–H and O–H groups in total. The van der Waals surface area contributed by atoms with E-state index in [1.807, 2.05) is 42.6 Å². The molecule has 0 bridgehead atoms. The van der Waals surface area contributed by atoms with Gasteiger partial charge < -0.3 is 24.5 Å². The van der Waals surface area contributed by atoms with E-state index in [0.29, 0.717) is 17.0 Å². The van der Waals surface area contributed by atoms with Crippen molar-refractivity contribution in [3.63, 3.8) is 0 Å². The Labute approximate surface area is 213 Å². The fourth-order valence-corrected chi connectivity index (χ4v) is 4.16. The van der Waals surface area contributed by atoms with Crippen LogP contribution in [0.4, 0.5) is 5.69 Å². The van der Waals surface area contributed by atoms with Crippen LogP contribution in [0.1, 0.15) is 26.6 Å². The summed E-state index contributed by atoms with van der Waals surface area (Å²) >= 11 is 0. The van der Waals surface area contributed by atoms with E-state index < -0.39 is 5.91 Å². The van der Waals surface area contributed by atoms with Crippen molar-refractivity contribution < 1.29 is 18.8 Å². The number of aryl methyl sites for hydroxylation is 1. The van der Waals surface area contributed by atoms with Crippen LogP contribution < -0.4 is 10.1 Å². The van der Waals surface area contributed by atoms with Gasteiger partial charge in [0.2, 0.25) is 0 Å². The van der Waals surface area contributed by atoms with Crippen molar-refractivity contribution in [2.45, 2.75) is 6.92 Å². The third-order valence-corrected chi connectivity index (χ3v) is 6.03. The quantitative estimate of drug-likeness (QED) is 0.337. The van der Waals surface area contributed by atoms with Crippen LogP contribution in [0, 0.1) is 6.92 Å². The molecule has 186 valence electrons. The molecule has 0 saturated carbocycles. The van der Waals surface area contributed by atoms with Crippen LogP contribution in [0.5, 0.6) is 5.75 Å². The van der Waals surface area contributed by atoms with Crippen LogP contribution in [0.15, 0.2) is 71.5 Å². The van der Waals surface area contributed by atoms with Gasteiger partial charge in [0.05, 0.1) is 18.4 Å². The first-order valence-electron chi connectivity index (χ1n) is 11.6. The maximum Gasteiger partial charge on any atom is 0.277 e. The number of carbonyl (C=O) groups is 2. The second-order valence-corrected chi connectivity index (χ2v) is 8.76. The summed E-state index contributed by atoms with van der Waals surface area (Å²) in [6.07, 6.45) is 3.66. The molecular formula is C28H25N5O4. The highest BCUT2D eigenvalue weighted by molar-refractivity contribution is 6.09. The minimum Gasteiger partial charge on any atom is -0.496 e. The summed E-state index contributed by atoms with van der Waals surface area (Å²) in [6.45, 7) is 1.70. The number of benzene rings is 2. The maximum absolute atomic E-state index is 13.1. The number of hydrogen-bond donors (Lipinski definition) is 2. The molecule has 3 aromatic heterocycles.